The Bertz CT molecular complexity index is 963. The normalized spacial score (nSPS) is 11.9. The molecule has 8 nitrogen and oxygen atoms in total. The van der Waals surface area contributed by atoms with Crippen LogP contribution < -0.4 is 14.8 Å². The number of fused-ring (bicyclic) bond motifs is 1. The number of carbonyl (C=O) groups excluding carboxylic acids is 1. The molecule has 1 aliphatic heterocycles. The highest BCUT2D eigenvalue weighted by molar-refractivity contribution is 5.93. The van der Waals surface area contributed by atoms with Crippen molar-refractivity contribution in [1.29, 1.82) is 0 Å². The number of anilines is 2. The molecule has 0 radical (unpaired) electrons. The number of hydrogen-bond donors (Lipinski definition) is 1. The van der Waals surface area contributed by atoms with Gasteiger partial charge in [-0.15, -0.1) is 0 Å². The van der Waals surface area contributed by atoms with Crippen molar-refractivity contribution in [3.63, 3.8) is 0 Å². The fourth-order valence-electron chi connectivity index (χ4n) is 2.77. The van der Waals surface area contributed by atoms with Gasteiger partial charge in [0, 0.05) is 50.1 Å². The van der Waals surface area contributed by atoms with E-state index in [2.05, 4.69) is 20.3 Å². The SMILES string of the molecule is CN(CCc1ccncc1)C(=O)c1cnc(Nc2ccc3c(c2)OCO3)nc1. The van der Waals surface area contributed by atoms with Gasteiger partial charge in [0.1, 0.15) is 0 Å². The maximum absolute atomic E-state index is 12.5. The van der Waals surface area contributed by atoms with Crippen LogP contribution in [-0.2, 0) is 6.42 Å². The highest BCUT2D eigenvalue weighted by atomic mass is 16.7. The molecule has 1 amide bonds. The van der Waals surface area contributed by atoms with Gasteiger partial charge in [-0.05, 0) is 36.2 Å². The number of rotatable bonds is 6. The average Bonchev–Trinajstić information content (AvgIpc) is 3.21. The topological polar surface area (TPSA) is 89.5 Å². The predicted molar refractivity (Wildman–Crippen MR) is 103 cm³/mol. The molecule has 1 aliphatic rings. The third-order valence-electron chi connectivity index (χ3n) is 4.36. The summed E-state index contributed by atoms with van der Waals surface area (Å²) in [6.07, 6.45) is 7.30. The van der Waals surface area contributed by atoms with Gasteiger partial charge >= 0.3 is 0 Å². The molecule has 1 aromatic carbocycles. The van der Waals surface area contributed by atoms with Gasteiger partial charge in [-0.3, -0.25) is 9.78 Å². The Hall–Kier alpha value is -3.68. The van der Waals surface area contributed by atoms with E-state index < -0.39 is 0 Å². The molecule has 3 heterocycles. The number of amides is 1. The minimum Gasteiger partial charge on any atom is -0.454 e. The molecular weight excluding hydrogens is 358 g/mol. The smallest absolute Gasteiger partial charge is 0.256 e. The largest absolute Gasteiger partial charge is 0.454 e. The van der Waals surface area contributed by atoms with E-state index in [1.165, 1.54) is 12.4 Å². The highest BCUT2D eigenvalue weighted by Crippen LogP contribution is 2.34. The second kappa shape index (κ2) is 7.91. The molecule has 8 heteroatoms. The summed E-state index contributed by atoms with van der Waals surface area (Å²) in [7, 11) is 1.77. The Balaban J connectivity index is 1.36. The van der Waals surface area contributed by atoms with E-state index >= 15 is 0 Å². The molecule has 142 valence electrons. The first-order chi connectivity index (χ1) is 13.7. The summed E-state index contributed by atoms with van der Waals surface area (Å²) in [6, 6.07) is 9.37. The Morgan fingerprint density at radius 3 is 2.64 bits per heavy atom. The first-order valence-corrected chi connectivity index (χ1v) is 8.82. The quantitative estimate of drug-likeness (QED) is 0.706. The summed E-state index contributed by atoms with van der Waals surface area (Å²) in [6.45, 7) is 0.820. The molecule has 0 spiro atoms. The minimum absolute atomic E-state index is 0.122. The van der Waals surface area contributed by atoms with Crippen LogP contribution in [-0.4, -0.2) is 46.1 Å². The van der Waals surface area contributed by atoms with Crippen LogP contribution in [0.3, 0.4) is 0 Å². The number of nitrogens with zero attached hydrogens (tertiary/aromatic N) is 4. The maximum Gasteiger partial charge on any atom is 0.256 e. The zero-order valence-electron chi connectivity index (χ0n) is 15.3. The van der Waals surface area contributed by atoms with E-state index in [1.807, 2.05) is 30.3 Å². The molecule has 0 saturated heterocycles. The van der Waals surface area contributed by atoms with Crippen molar-refractivity contribution in [3.8, 4) is 11.5 Å². The van der Waals surface area contributed by atoms with Gasteiger partial charge in [0.2, 0.25) is 12.7 Å². The van der Waals surface area contributed by atoms with Crippen molar-refractivity contribution in [2.24, 2.45) is 0 Å². The Morgan fingerprint density at radius 2 is 1.86 bits per heavy atom. The number of nitrogens with one attached hydrogen (secondary N) is 1. The predicted octanol–water partition coefficient (Wildman–Crippen LogP) is 2.66. The van der Waals surface area contributed by atoms with Crippen LogP contribution in [0.25, 0.3) is 0 Å². The molecule has 28 heavy (non-hydrogen) atoms. The Morgan fingerprint density at radius 1 is 1.11 bits per heavy atom. The van der Waals surface area contributed by atoms with E-state index in [1.54, 1.807) is 24.3 Å². The van der Waals surface area contributed by atoms with Crippen LogP contribution in [0.4, 0.5) is 11.6 Å². The highest BCUT2D eigenvalue weighted by Gasteiger charge is 2.15. The molecular formula is C20H19N5O3. The summed E-state index contributed by atoms with van der Waals surface area (Å²) in [4.78, 5) is 26.7. The molecule has 0 bridgehead atoms. The van der Waals surface area contributed by atoms with Crippen molar-refractivity contribution >= 4 is 17.5 Å². The number of pyridine rings is 1. The van der Waals surface area contributed by atoms with Crippen LogP contribution in [0.5, 0.6) is 11.5 Å². The standard InChI is InChI=1S/C20H19N5O3/c1-25(9-6-14-4-7-21-8-5-14)19(26)15-11-22-20(23-12-15)24-16-2-3-17-18(10-16)28-13-27-17/h2-5,7-8,10-12H,6,9,13H2,1H3,(H,22,23,24). The molecule has 0 fully saturated rings. The summed E-state index contributed by atoms with van der Waals surface area (Å²) < 4.78 is 10.6. The van der Waals surface area contributed by atoms with Crippen LogP contribution in [0.15, 0.2) is 55.1 Å². The van der Waals surface area contributed by atoms with Crippen LogP contribution in [0.2, 0.25) is 0 Å². The molecule has 3 aromatic rings. The summed E-state index contributed by atoms with van der Waals surface area (Å²) in [5.41, 5.74) is 2.35. The number of benzene rings is 1. The van der Waals surface area contributed by atoms with Crippen molar-refractivity contribution < 1.29 is 14.3 Å². The molecule has 0 saturated carbocycles. The second-order valence-electron chi connectivity index (χ2n) is 6.32. The number of ether oxygens (including phenoxy) is 2. The zero-order valence-corrected chi connectivity index (χ0v) is 15.3. The summed E-state index contributed by atoms with van der Waals surface area (Å²) in [5, 5.41) is 3.09. The third-order valence-corrected chi connectivity index (χ3v) is 4.36. The van der Waals surface area contributed by atoms with Gasteiger partial charge in [0.15, 0.2) is 11.5 Å². The molecule has 0 aliphatic carbocycles. The van der Waals surface area contributed by atoms with Crippen molar-refractivity contribution in [2.75, 3.05) is 25.7 Å². The van der Waals surface area contributed by atoms with E-state index in [0.29, 0.717) is 29.6 Å². The lowest BCUT2D eigenvalue weighted by Gasteiger charge is -2.17. The monoisotopic (exact) mass is 377 g/mol. The van der Waals surface area contributed by atoms with Gasteiger partial charge in [-0.1, -0.05) is 0 Å². The number of aromatic nitrogens is 3. The molecule has 1 N–H and O–H groups in total. The lowest BCUT2D eigenvalue weighted by atomic mass is 10.2. The molecule has 2 aromatic heterocycles. The average molecular weight is 377 g/mol. The van der Waals surface area contributed by atoms with Crippen molar-refractivity contribution in [1.82, 2.24) is 19.9 Å². The summed E-state index contributed by atoms with van der Waals surface area (Å²) >= 11 is 0. The van der Waals surface area contributed by atoms with Gasteiger partial charge in [0.05, 0.1) is 5.56 Å². The lowest BCUT2D eigenvalue weighted by molar-refractivity contribution is 0.0796. The van der Waals surface area contributed by atoms with E-state index in [9.17, 15) is 4.79 Å². The van der Waals surface area contributed by atoms with Crippen molar-refractivity contribution in [3.05, 3.63) is 66.2 Å². The number of likely N-dealkylation sites (N-methyl/N-ethyl adjacent to an activating group) is 1. The first-order valence-electron chi connectivity index (χ1n) is 8.82. The number of hydrogen-bond acceptors (Lipinski definition) is 7. The number of carbonyl (C=O) groups is 1. The molecule has 4 rings (SSSR count). The van der Waals surface area contributed by atoms with Gasteiger partial charge in [0.25, 0.3) is 5.91 Å². The van der Waals surface area contributed by atoms with E-state index in [-0.39, 0.29) is 12.7 Å². The second-order valence-corrected chi connectivity index (χ2v) is 6.32. The minimum atomic E-state index is -0.122. The zero-order chi connectivity index (χ0) is 19.3. The lowest BCUT2D eigenvalue weighted by Crippen LogP contribution is -2.29. The van der Waals surface area contributed by atoms with Crippen LogP contribution in [0.1, 0.15) is 15.9 Å². The van der Waals surface area contributed by atoms with Gasteiger partial charge in [-0.25, -0.2) is 9.97 Å². The third kappa shape index (κ3) is 4.01. The molecule has 0 atom stereocenters. The maximum atomic E-state index is 12.5. The first kappa shape index (κ1) is 17.7. The van der Waals surface area contributed by atoms with Gasteiger partial charge in [-0.2, -0.15) is 0 Å². The van der Waals surface area contributed by atoms with Crippen molar-refractivity contribution in [2.45, 2.75) is 6.42 Å². The van der Waals surface area contributed by atoms with Gasteiger partial charge < -0.3 is 19.7 Å². The fourth-order valence-corrected chi connectivity index (χ4v) is 2.77. The van der Waals surface area contributed by atoms with Crippen LogP contribution in [0, 0.1) is 0 Å². The summed E-state index contributed by atoms with van der Waals surface area (Å²) in [5.74, 6) is 1.66. The van der Waals surface area contributed by atoms with E-state index in [0.717, 1.165) is 17.7 Å². The molecule has 0 unspecified atom stereocenters. The van der Waals surface area contributed by atoms with Crippen LogP contribution >= 0.6 is 0 Å². The Labute approximate surface area is 162 Å². The fraction of sp³-hybridized carbons (Fsp3) is 0.200. The Kier molecular flexibility index (Phi) is 5.01. The van der Waals surface area contributed by atoms with E-state index in [4.69, 9.17) is 9.47 Å².